The predicted octanol–water partition coefficient (Wildman–Crippen LogP) is 1.79. The minimum absolute atomic E-state index is 0.458. The molecule has 0 N–H and O–H groups in total. The third kappa shape index (κ3) is 0.608. The topological polar surface area (TPSA) is 0 Å². The van der Waals surface area contributed by atoms with Crippen molar-refractivity contribution in [1.82, 2.24) is 0 Å². The summed E-state index contributed by atoms with van der Waals surface area (Å²) in [5.74, 6) is 2.72. The van der Waals surface area contributed by atoms with Crippen LogP contribution in [-0.2, 0) is 0 Å². The predicted molar refractivity (Wildman–Crippen MR) is 39.4 cm³/mol. The zero-order chi connectivity index (χ0) is 6.43. The summed E-state index contributed by atoms with van der Waals surface area (Å²) < 4.78 is 0. The van der Waals surface area contributed by atoms with Crippen molar-refractivity contribution in [1.29, 1.82) is 0 Å². The number of fused-ring (bicyclic) bond motifs is 2. The van der Waals surface area contributed by atoms with E-state index in [4.69, 9.17) is 7.85 Å². The van der Waals surface area contributed by atoms with Gasteiger partial charge in [0.25, 0.3) is 0 Å². The van der Waals surface area contributed by atoms with Gasteiger partial charge in [-0.25, -0.2) is 0 Å². The molecule has 1 heteroatoms. The van der Waals surface area contributed by atoms with E-state index in [1.54, 1.807) is 0 Å². The molecule has 2 bridgehead atoms. The van der Waals surface area contributed by atoms with Crippen molar-refractivity contribution in [2.75, 3.05) is 0 Å². The van der Waals surface area contributed by atoms with Crippen LogP contribution in [0.3, 0.4) is 0 Å². The summed E-state index contributed by atoms with van der Waals surface area (Å²) in [6.07, 6.45) is 5.94. The summed E-state index contributed by atoms with van der Waals surface area (Å²) in [6, 6.07) is 0. The van der Waals surface area contributed by atoms with Gasteiger partial charge in [-0.2, -0.15) is 0 Å². The van der Waals surface area contributed by atoms with E-state index in [0.717, 1.165) is 11.8 Å². The summed E-state index contributed by atoms with van der Waals surface area (Å²) in [5, 5.41) is 0. The van der Waals surface area contributed by atoms with E-state index in [9.17, 15) is 0 Å². The largest absolute Gasteiger partial charge is 0.0856 e. The summed E-state index contributed by atoms with van der Waals surface area (Å²) in [7, 11) is 5.91. The Morgan fingerprint density at radius 2 is 2.00 bits per heavy atom. The Bertz CT molecular complexity index is 135. The smallest absolute Gasteiger partial charge is 0.0711 e. The van der Waals surface area contributed by atoms with Gasteiger partial charge in [-0.1, -0.05) is 24.9 Å². The first-order valence-corrected chi connectivity index (χ1v) is 3.73. The molecule has 0 heterocycles. The summed E-state index contributed by atoms with van der Waals surface area (Å²) in [6.45, 7) is 2.26. The molecule has 2 radical (unpaired) electrons. The molecule has 4 atom stereocenters. The Morgan fingerprint density at radius 1 is 1.33 bits per heavy atom. The molecule has 2 aliphatic carbocycles. The molecular formula is C8H11B. The summed E-state index contributed by atoms with van der Waals surface area (Å²) in [5.41, 5.74) is 0. The second kappa shape index (κ2) is 1.65. The highest BCUT2D eigenvalue weighted by molar-refractivity contribution is 6.12. The Hall–Kier alpha value is -0.195. The van der Waals surface area contributed by atoms with Gasteiger partial charge in [-0.05, 0) is 24.2 Å². The molecule has 3 unspecified atom stereocenters. The van der Waals surface area contributed by atoms with Crippen LogP contribution in [0.1, 0.15) is 13.3 Å². The fraction of sp³-hybridized carbons (Fsp3) is 0.750. The third-order valence-electron chi connectivity index (χ3n) is 2.93. The van der Waals surface area contributed by atoms with Crippen LogP contribution in [-0.4, -0.2) is 7.85 Å². The highest BCUT2D eigenvalue weighted by Gasteiger charge is 2.38. The zero-order valence-electron chi connectivity index (χ0n) is 5.75. The van der Waals surface area contributed by atoms with Crippen molar-refractivity contribution in [2.45, 2.75) is 19.2 Å². The summed E-state index contributed by atoms with van der Waals surface area (Å²) in [4.78, 5) is 0. The van der Waals surface area contributed by atoms with Gasteiger partial charge in [0.2, 0.25) is 0 Å². The number of rotatable bonds is 0. The van der Waals surface area contributed by atoms with Crippen molar-refractivity contribution < 1.29 is 0 Å². The molecule has 2 rings (SSSR count). The summed E-state index contributed by atoms with van der Waals surface area (Å²) >= 11 is 0. The Kier molecular flexibility index (Phi) is 1.02. The Balaban J connectivity index is 2.26. The van der Waals surface area contributed by atoms with Crippen LogP contribution >= 0.6 is 0 Å². The average molecular weight is 118 g/mol. The first-order valence-electron chi connectivity index (χ1n) is 3.73. The average Bonchev–Trinajstić information content (AvgIpc) is 2.37. The van der Waals surface area contributed by atoms with Crippen LogP contribution in [0.2, 0.25) is 5.82 Å². The van der Waals surface area contributed by atoms with Crippen molar-refractivity contribution >= 4 is 7.85 Å². The SMILES string of the molecule is [B]C1C2C=CC(C2)[C@@H]1C. The molecule has 0 nitrogen and oxygen atoms in total. The zero-order valence-corrected chi connectivity index (χ0v) is 5.75. The van der Waals surface area contributed by atoms with E-state index in [0.29, 0.717) is 11.7 Å². The maximum atomic E-state index is 5.91. The van der Waals surface area contributed by atoms with Gasteiger partial charge in [0, 0.05) is 0 Å². The Morgan fingerprint density at radius 3 is 2.33 bits per heavy atom. The number of hydrogen-bond donors (Lipinski definition) is 0. The molecule has 0 saturated heterocycles. The van der Waals surface area contributed by atoms with E-state index in [1.807, 2.05) is 0 Å². The van der Waals surface area contributed by atoms with E-state index < -0.39 is 0 Å². The Labute approximate surface area is 57.7 Å². The maximum absolute atomic E-state index is 5.91. The molecule has 0 aromatic carbocycles. The molecular weight excluding hydrogens is 107 g/mol. The van der Waals surface area contributed by atoms with Crippen LogP contribution in [0, 0.1) is 17.8 Å². The normalized spacial score (nSPS) is 54.8. The second-order valence-corrected chi connectivity index (χ2v) is 3.38. The van der Waals surface area contributed by atoms with E-state index >= 15 is 0 Å². The molecule has 0 aromatic heterocycles. The maximum Gasteiger partial charge on any atom is 0.0711 e. The molecule has 1 fully saturated rings. The molecule has 0 amide bonds. The lowest BCUT2D eigenvalue weighted by atomic mass is 9.71. The lowest BCUT2D eigenvalue weighted by Gasteiger charge is -2.19. The molecule has 0 aromatic rings. The van der Waals surface area contributed by atoms with E-state index in [2.05, 4.69) is 19.1 Å². The molecule has 9 heavy (non-hydrogen) atoms. The second-order valence-electron chi connectivity index (χ2n) is 3.38. The van der Waals surface area contributed by atoms with Crippen molar-refractivity contribution in [3.8, 4) is 0 Å². The monoisotopic (exact) mass is 118 g/mol. The fourth-order valence-corrected chi connectivity index (χ4v) is 2.11. The van der Waals surface area contributed by atoms with Gasteiger partial charge in [-0.3, -0.25) is 0 Å². The lowest BCUT2D eigenvalue weighted by molar-refractivity contribution is 0.493. The molecule has 0 aliphatic heterocycles. The lowest BCUT2D eigenvalue weighted by Crippen LogP contribution is -2.10. The fourth-order valence-electron chi connectivity index (χ4n) is 2.11. The van der Waals surface area contributed by atoms with E-state index in [1.165, 1.54) is 6.42 Å². The van der Waals surface area contributed by atoms with Crippen LogP contribution < -0.4 is 0 Å². The molecule has 1 saturated carbocycles. The first-order chi connectivity index (χ1) is 4.29. The quantitative estimate of drug-likeness (QED) is 0.336. The van der Waals surface area contributed by atoms with Gasteiger partial charge in [0.05, 0.1) is 7.85 Å². The third-order valence-corrected chi connectivity index (χ3v) is 2.93. The van der Waals surface area contributed by atoms with Crippen molar-refractivity contribution in [3.63, 3.8) is 0 Å². The van der Waals surface area contributed by atoms with Gasteiger partial charge in [-0.15, -0.1) is 0 Å². The van der Waals surface area contributed by atoms with Crippen LogP contribution in [0.15, 0.2) is 12.2 Å². The van der Waals surface area contributed by atoms with Crippen LogP contribution in [0.4, 0.5) is 0 Å². The standard InChI is InChI=1S/C8H11B/c1-5-6-2-3-7(4-6)8(5)9/h2-3,5-8H,4H2,1H3/t5-,6?,7?,8?/m0/s1. The number of hydrogen-bond acceptors (Lipinski definition) is 0. The highest BCUT2D eigenvalue weighted by Crippen LogP contribution is 2.49. The van der Waals surface area contributed by atoms with Gasteiger partial charge in [0.15, 0.2) is 0 Å². The van der Waals surface area contributed by atoms with Crippen molar-refractivity contribution in [3.05, 3.63) is 12.2 Å². The van der Waals surface area contributed by atoms with Gasteiger partial charge >= 0.3 is 0 Å². The van der Waals surface area contributed by atoms with Crippen LogP contribution in [0.5, 0.6) is 0 Å². The molecule has 46 valence electrons. The minimum Gasteiger partial charge on any atom is -0.0856 e. The molecule has 0 spiro atoms. The molecule has 2 aliphatic rings. The minimum atomic E-state index is 0.458. The van der Waals surface area contributed by atoms with Crippen molar-refractivity contribution in [2.24, 2.45) is 17.8 Å². The highest BCUT2D eigenvalue weighted by atomic mass is 14.4. The van der Waals surface area contributed by atoms with Gasteiger partial charge < -0.3 is 0 Å². The van der Waals surface area contributed by atoms with Gasteiger partial charge in [0.1, 0.15) is 0 Å². The number of allylic oxidation sites excluding steroid dienone is 2. The first kappa shape index (κ1) is 5.58. The van der Waals surface area contributed by atoms with Crippen LogP contribution in [0.25, 0.3) is 0 Å². The van der Waals surface area contributed by atoms with E-state index in [-0.39, 0.29) is 0 Å².